The lowest BCUT2D eigenvalue weighted by molar-refractivity contribution is 0.102. The molecule has 0 bridgehead atoms. The Labute approximate surface area is 175 Å². The molecule has 2 aromatic carbocycles. The zero-order chi connectivity index (χ0) is 20.8. The molecule has 0 aliphatic rings. The zero-order valence-corrected chi connectivity index (χ0v) is 17.1. The van der Waals surface area contributed by atoms with E-state index in [-0.39, 0.29) is 5.91 Å². The average molecular weight is 408 g/mol. The van der Waals surface area contributed by atoms with Gasteiger partial charge in [-0.2, -0.15) is 0 Å². The molecular weight excluding hydrogens is 386 g/mol. The maximum absolute atomic E-state index is 12.9. The summed E-state index contributed by atoms with van der Waals surface area (Å²) in [5, 5.41) is 11.0. The van der Waals surface area contributed by atoms with E-state index in [0.717, 1.165) is 23.1 Å². The van der Waals surface area contributed by atoms with Gasteiger partial charge in [-0.1, -0.05) is 41.9 Å². The lowest BCUT2D eigenvalue weighted by Gasteiger charge is -2.12. The molecule has 1 aromatic heterocycles. The SMILES string of the molecule is COc1ccc(CCc2ccc(C(C)=N)cc2)c(C(=O)Nc2ccc(Cl)cn2)c1. The molecule has 0 radical (unpaired) electrons. The minimum absolute atomic E-state index is 0.247. The van der Waals surface area contributed by atoms with Gasteiger partial charge in [0.2, 0.25) is 0 Å². The van der Waals surface area contributed by atoms with Gasteiger partial charge in [0.1, 0.15) is 11.6 Å². The van der Waals surface area contributed by atoms with E-state index in [2.05, 4.69) is 10.3 Å². The fourth-order valence-corrected chi connectivity index (χ4v) is 3.06. The molecule has 0 saturated heterocycles. The molecule has 0 fully saturated rings. The Morgan fingerprint density at radius 1 is 1.10 bits per heavy atom. The lowest BCUT2D eigenvalue weighted by atomic mass is 9.98. The van der Waals surface area contributed by atoms with Gasteiger partial charge in [0.15, 0.2) is 0 Å². The highest BCUT2D eigenvalue weighted by atomic mass is 35.5. The molecule has 3 rings (SSSR count). The van der Waals surface area contributed by atoms with Crippen molar-refractivity contribution in [1.29, 1.82) is 5.41 Å². The van der Waals surface area contributed by atoms with Crippen molar-refractivity contribution in [3.8, 4) is 5.75 Å². The Kier molecular flexibility index (Phi) is 6.62. The maximum Gasteiger partial charge on any atom is 0.257 e. The van der Waals surface area contributed by atoms with Crippen molar-refractivity contribution in [2.45, 2.75) is 19.8 Å². The number of aryl methyl sites for hydroxylation is 2. The molecule has 3 aromatic rings. The quantitative estimate of drug-likeness (QED) is 0.530. The van der Waals surface area contributed by atoms with Gasteiger partial charge in [-0.25, -0.2) is 4.98 Å². The van der Waals surface area contributed by atoms with E-state index >= 15 is 0 Å². The van der Waals surface area contributed by atoms with E-state index in [0.29, 0.717) is 34.3 Å². The number of methoxy groups -OCH3 is 1. The van der Waals surface area contributed by atoms with Gasteiger partial charge in [-0.15, -0.1) is 0 Å². The summed E-state index contributed by atoms with van der Waals surface area (Å²) in [7, 11) is 1.57. The van der Waals surface area contributed by atoms with Crippen molar-refractivity contribution in [3.63, 3.8) is 0 Å². The molecule has 0 unspecified atom stereocenters. The van der Waals surface area contributed by atoms with E-state index in [4.69, 9.17) is 21.7 Å². The van der Waals surface area contributed by atoms with Crippen LogP contribution in [0.25, 0.3) is 0 Å². The Morgan fingerprint density at radius 2 is 1.86 bits per heavy atom. The van der Waals surface area contributed by atoms with Crippen molar-refractivity contribution in [3.05, 3.63) is 88.1 Å². The Morgan fingerprint density at radius 3 is 2.48 bits per heavy atom. The number of halogens is 1. The number of rotatable bonds is 7. The van der Waals surface area contributed by atoms with Crippen molar-refractivity contribution >= 4 is 29.0 Å². The number of carbonyl (C=O) groups is 1. The van der Waals surface area contributed by atoms with E-state index in [1.54, 1.807) is 32.2 Å². The first-order chi connectivity index (χ1) is 14.0. The van der Waals surface area contributed by atoms with Gasteiger partial charge in [0, 0.05) is 17.5 Å². The molecule has 0 saturated carbocycles. The van der Waals surface area contributed by atoms with Crippen LogP contribution in [0.5, 0.6) is 5.75 Å². The minimum Gasteiger partial charge on any atom is -0.497 e. The molecule has 1 heterocycles. The fraction of sp³-hybridized carbons (Fsp3) is 0.174. The van der Waals surface area contributed by atoms with Crippen molar-refractivity contribution in [1.82, 2.24) is 4.98 Å². The second kappa shape index (κ2) is 9.34. The van der Waals surface area contributed by atoms with Crippen molar-refractivity contribution < 1.29 is 9.53 Å². The number of ether oxygens (including phenoxy) is 1. The number of pyridine rings is 1. The molecule has 0 atom stereocenters. The van der Waals surface area contributed by atoms with Crippen LogP contribution in [0.15, 0.2) is 60.8 Å². The molecule has 29 heavy (non-hydrogen) atoms. The minimum atomic E-state index is -0.247. The van der Waals surface area contributed by atoms with Crippen molar-refractivity contribution in [2.75, 3.05) is 12.4 Å². The molecule has 0 aliphatic heterocycles. The Bertz CT molecular complexity index is 1020. The van der Waals surface area contributed by atoms with Gasteiger partial charge in [-0.05, 0) is 60.7 Å². The predicted molar refractivity (Wildman–Crippen MR) is 117 cm³/mol. The normalized spacial score (nSPS) is 10.4. The summed E-state index contributed by atoms with van der Waals surface area (Å²) in [6.45, 7) is 1.77. The monoisotopic (exact) mass is 407 g/mol. The van der Waals surface area contributed by atoms with E-state index in [9.17, 15) is 4.79 Å². The summed E-state index contributed by atoms with van der Waals surface area (Å²) in [5.41, 5.74) is 4.07. The summed E-state index contributed by atoms with van der Waals surface area (Å²) < 4.78 is 5.29. The third-order valence-corrected chi connectivity index (χ3v) is 4.82. The van der Waals surface area contributed by atoms with Gasteiger partial charge in [-0.3, -0.25) is 4.79 Å². The summed E-state index contributed by atoms with van der Waals surface area (Å²) in [6, 6.07) is 16.8. The van der Waals surface area contributed by atoms with Gasteiger partial charge in [0.05, 0.1) is 12.1 Å². The Balaban J connectivity index is 1.78. The molecule has 2 N–H and O–H groups in total. The molecule has 0 spiro atoms. The van der Waals surface area contributed by atoms with Crippen LogP contribution < -0.4 is 10.1 Å². The molecule has 5 nitrogen and oxygen atoms in total. The van der Waals surface area contributed by atoms with Crippen LogP contribution in [-0.2, 0) is 12.8 Å². The summed E-state index contributed by atoms with van der Waals surface area (Å²) in [6.07, 6.45) is 2.97. The summed E-state index contributed by atoms with van der Waals surface area (Å²) >= 11 is 5.85. The topological polar surface area (TPSA) is 75.1 Å². The van der Waals surface area contributed by atoms with Crippen LogP contribution >= 0.6 is 11.6 Å². The number of anilines is 1. The number of carbonyl (C=O) groups excluding carboxylic acids is 1. The highest BCUT2D eigenvalue weighted by molar-refractivity contribution is 6.30. The lowest BCUT2D eigenvalue weighted by Crippen LogP contribution is -2.15. The first-order valence-electron chi connectivity index (χ1n) is 9.20. The number of aromatic nitrogens is 1. The molecular formula is C23H22ClN3O2. The number of hydrogen-bond acceptors (Lipinski definition) is 4. The molecule has 6 heteroatoms. The van der Waals surface area contributed by atoms with Crippen LogP contribution in [-0.4, -0.2) is 23.7 Å². The summed E-state index contributed by atoms with van der Waals surface area (Å²) in [5.74, 6) is 0.808. The van der Waals surface area contributed by atoms with E-state index < -0.39 is 0 Å². The predicted octanol–water partition coefficient (Wildman–Crippen LogP) is 5.17. The fourth-order valence-electron chi connectivity index (χ4n) is 2.95. The first-order valence-corrected chi connectivity index (χ1v) is 9.58. The molecule has 0 aliphatic carbocycles. The van der Waals surface area contributed by atoms with Crippen LogP contribution in [0.2, 0.25) is 5.02 Å². The van der Waals surface area contributed by atoms with Gasteiger partial charge < -0.3 is 15.5 Å². The van der Waals surface area contributed by atoms with Crippen LogP contribution in [0.4, 0.5) is 5.82 Å². The van der Waals surface area contributed by atoms with Crippen LogP contribution in [0.3, 0.4) is 0 Å². The highest BCUT2D eigenvalue weighted by Gasteiger charge is 2.14. The second-order valence-corrected chi connectivity index (χ2v) is 7.10. The van der Waals surface area contributed by atoms with Gasteiger partial charge in [0.25, 0.3) is 5.91 Å². The highest BCUT2D eigenvalue weighted by Crippen LogP contribution is 2.21. The number of nitrogens with one attached hydrogen (secondary N) is 2. The smallest absolute Gasteiger partial charge is 0.257 e. The first kappa shape index (κ1) is 20.6. The number of hydrogen-bond donors (Lipinski definition) is 2. The standard InChI is InChI=1S/C23H22ClN3O2/c1-15(25)17-6-3-16(4-7-17)5-8-18-9-11-20(29-2)13-21(18)23(28)27-22-12-10-19(24)14-26-22/h3-4,6-7,9-14,25H,5,8H2,1-2H3,(H,26,27,28). The molecule has 148 valence electrons. The third-order valence-electron chi connectivity index (χ3n) is 4.60. The van der Waals surface area contributed by atoms with Crippen LogP contribution in [0, 0.1) is 5.41 Å². The number of amides is 1. The van der Waals surface area contributed by atoms with Crippen molar-refractivity contribution in [2.24, 2.45) is 0 Å². The maximum atomic E-state index is 12.9. The van der Waals surface area contributed by atoms with E-state index in [1.165, 1.54) is 6.20 Å². The van der Waals surface area contributed by atoms with Gasteiger partial charge >= 0.3 is 0 Å². The molecule has 1 amide bonds. The summed E-state index contributed by atoms with van der Waals surface area (Å²) in [4.78, 5) is 17.0. The largest absolute Gasteiger partial charge is 0.497 e. The average Bonchev–Trinajstić information content (AvgIpc) is 2.74. The third kappa shape index (κ3) is 5.42. The number of nitrogens with zero attached hydrogens (tertiary/aromatic N) is 1. The van der Waals surface area contributed by atoms with E-state index in [1.807, 2.05) is 36.4 Å². The van der Waals surface area contributed by atoms with Crippen LogP contribution in [0.1, 0.15) is 34.0 Å². The zero-order valence-electron chi connectivity index (χ0n) is 16.3. The Hall–Kier alpha value is -3.18. The number of benzene rings is 2. The second-order valence-electron chi connectivity index (χ2n) is 6.66.